The Bertz CT molecular complexity index is 199. The third kappa shape index (κ3) is 5.09. The van der Waals surface area contributed by atoms with E-state index in [2.05, 4.69) is 5.32 Å². The molecule has 0 aromatic carbocycles. The molecular formula is C9H14F3NO. The van der Waals surface area contributed by atoms with E-state index in [-0.39, 0.29) is 18.2 Å². The quantitative estimate of drug-likeness (QED) is 0.691. The lowest BCUT2D eigenvalue weighted by molar-refractivity contribution is -0.135. The van der Waals surface area contributed by atoms with Gasteiger partial charge in [0.1, 0.15) is 0 Å². The largest absolute Gasteiger partial charge is 0.389 e. The van der Waals surface area contributed by atoms with Crippen molar-refractivity contribution >= 4 is 5.91 Å². The molecule has 0 saturated heterocycles. The smallest absolute Gasteiger partial charge is 0.356 e. The van der Waals surface area contributed by atoms with Gasteiger partial charge in [0.05, 0.1) is 0 Å². The van der Waals surface area contributed by atoms with Crippen LogP contribution < -0.4 is 5.32 Å². The molecule has 5 heteroatoms. The molecule has 1 aliphatic carbocycles. The van der Waals surface area contributed by atoms with E-state index in [0.29, 0.717) is 13.0 Å². The molecule has 1 fully saturated rings. The Labute approximate surface area is 80.9 Å². The highest BCUT2D eigenvalue weighted by Crippen LogP contribution is 2.28. The van der Waals surface area contributed by atoms with Crippen LogP contribution in [0.3, 0.4) is 0 Å². The second-order valence-electron chi connectivity index (χ2n) is 3.64. The van der Waals surface area contributed by atoms with Crippen molar-refractivity contribution in [2.24, 2.45) is 5.92 Å². The van der Waals surface area contributed by atoms with Crippen LogP contribution in [0.5, 0.6) is 0 Å². The first-order valence-electron chi connectivity index (χ1n) is 4.83. The molecule has 0 heterocycles. The number of carbonyl (C=O) groups is 1. The number of unbranched alkanes of at least 4 members (excludes halogenated alkanes) is 1. The molecule has 0 aliphatic heterocycles. The van der Waals surface area contributed by atoms with Gasteiger partial charge in [0.15, 0.2) is 0 Å². The highest BCUT2D eigenvalue weighted by Gasteiger charge is 2.29. The van der Waals surface area contributed by atoms with E-state index in [1.165, 1.54) is 0 Å². The van der Waals surface area contributed by atoms with Gasteiger partial charge in [0.2, 0.25) is 5.91 Å². The Morgan fingerprint density at radius 1 is 1.29 bits per heavy atom. The van der Waals surface area contributed by atoms with Crippen molar-refractivity contribution in [3.8, 4) is 0 Å². The number of alkyl halides is 3. The van der Waals surface area contributed by atoms with Gasteiger partial charge in [0.25, 0.3) is 0 Å². The van der Waals surface area contributed by atoms with E-state index in [1.54, 1.807) is 0 Å². The van der Waals surface area contributed by atoms with E-state index in [1.807, 2.05) is 0 Å². The van der Waals surface area contributed by atoms with Crippen LogP contribution in [0.25, 0.3) is 0 Å². The van der Waals surface area contributed by atoms with Crippen molar-refractivity contribution < 1.29 is 18.0 Å². The number of amides is 1. The summed E-state index contributed by atoms with van der Waals surface area (Å²) in [6, 6.07) is 0. The van der Waals surface area contributed by atoms with Crippen LogP contribution in [0.15, 0.2) is 0 Å². The van der Waals surface area contributed by atoms with E-state index in [4.69, 9.17) is 0 Å². The van der Waals surface area contributed by atoms with Gasteiger partial charge in [-0.1, -0.05) is 0 Å². The lowest BCUT2D eigenvalue weighted by Crippen LogP contribution is -2.25. The third-order valence-corrected chi connectivity index (χ3v) is 2.13. The average molecular weight is 209 g/mol. The summed E-state index contributed by atoms with van der Waals surface area (Å²) < 4.78 is 35.1. The highest BCUT2D eigenvalue weighted by molar-refractivity contribution is 5.80. The molecule has 0 aromatic heterocycles. The third-order valence-electron chi connectivity index (χ3n) is 2.13. The maximum Gasteiger partial charge on any atom is 0.389 e. The van der Waals surface area contributed by atoms with Gasteiger partial charge < -0.3 is 5.32 Å². The van der Waals surface area contributed by atoms with Crippen molar-refractivity contribution in [1.82, 2.24) is 5.32 Å². The Morgan fingerprint density at radius 2 is 1.93 bits per heavy atom. The summed E-state index contributed by atoms with van der Waals surface area (Å²) in [7, 11) is 0. The fourth-order valence-electron chi connectivity index (χ4n) is 1.15. The molecule has 0 aromatic rings. The summed E-state index contributed by atoms with van der Waals surface area (Å²) in [6.45, 7) is 0.366. The van der Waals surface area contributed by atoms with Crippen LogP contribution in [-0.2, 0) is 4.79 Å². The highest BCUT2D eigenvalue weighted by atomic mass is 19.4. The minimum atomic E-state index is -4.07. The molecule has 2 nitrogen and oxygen atoms in total. The SMILES string of the molecule is O=C(NCCCCC(F)(F)F)C1CC1. The monoisotopic (exact) mass is 209 g/mol. The number of rotatable bonds is 5. The standard InChI is InChI=1S/C9H14F3NO/c10-9(11,12)5-1-2-6-13-8(14)7-3-4-7/h7H,1-6H2,(H,13,14). The van der Waals surface area contributed by atoms with Crippen molar-refractivity contribution in [3.63, 3.8) is 0 Å². The Morgan fingerprint density at radius 3 is 2.43 bits per heavy atom. The minimum absolute atomic E-state index is 0.00277. The fourth-order valence-corrected chi connectivity index (χ4v) is 1.15. The topological polar surface area (TPSA) is 29.1 Å². The van der Waals surface area contributed by atoms with Crippen LogP contribution in [0, 0.1) is 5.92 Å². The molecule has 14 heavy (non-hydrogen) atoms. The van der Waals surface area contributed by atoms with Crippen molar-refractivity contribution in [2.75, 3.05) is 6.54 Å². The molecule has 82 valence electrons. The van der Waals surface area contributed by atoms with E-state index in [0.717, 1.165) is 12.8 Å². The second-order valence-corrected chi connectivity index (χ2v) is 3.64. The summed E-state index contributed by atoms with van der Waals surface area (Å²) >= 11 is 0. The second kappa shape index (κ2) is 4.66. The molecule has 1 rings (SSSR count). The van der Waals surface area contributed by atoms with E-state index < -0.39 is 12.6 Å². The zero-order valence-electron chi connectivity index (χ0n) is 7.86. The summed E-state index contributed by atoms with van der Waals surface area (Å²) in [5, 5.41) is 2.62. The predicted octanol–water partition coefficient (Wildman–Crippen LogP) is 2.25. The number of carbonyl (C=O) groups excluding carboxylic acids is 1. The maximum absolute atomic E-state index is 11.7. The lowest BCUT2D eigenvalue weighted by atomic mass is 10.2. The maximum atomic E-state index is 11.7. The molecule has 1 saturated carbocycles. The number of hydrogen-bond acceptors (Lipinski definition) is 1. The van der Waals surface area contributed by atoms with Gasteiger partial charge in [-0.15, -0.1) is 0 Å². The van der Waals surface area contributed by atoms with Crippen LogP contribution in [0.1, 0.15) is 32.1 Å². The first kappa shape index (κ1) is 11.3. The van der Waals surface area contributed by atoms with Crippen LogP contribution in [-0.4, -0.2) is 18.6 Å². The summed E-state index contributed by atoms with van der Waals surface area (Å²) in [4.78, 5) is 11.0. The zero-order chi connectivity index (χ0) is 10.6. The van der Waals surface area contributed by atoms with Gasteiger partial charge >= 0.3 is 6.18 Å². The lowest BCUT2D eigenvalue weighted by Gasteiger charge is -2.06. The molecule has 0 bridgehead atoms. The zero-order valence-corrected chi connectivity index (χ0v) is 7.86. The van der Waals surface area contributed by atoms with Gasteiger partial charge in [-0.3, -0.25) is 4.79 Å². The normalized spacial score (nSPS) is 16.8. The van der Waals surface area contributed by atoms with Gasteiger partial charge in [-0.25, -0.2) is 0 Å². The minimum Gasteiger partial charge on any atom is -0.356 e. The molecule has 1 amide bonds. The molecule has 1 N–H and O–H groups in total. The number of hydrogen-bond donors (Lipinski definition) is 1. The van der Waals surface area contributed by atoms with Gasteiger partial charge in [0, 0.05) is 18.9 Å². The molecule has 0 unspecified atom stereocenters. The first-order chi connectivity index (χ1) is 6.49. The van der Waals surface area contributed by atoms with E-state index in [9.17, 15) is 18.0 Å². The summed E-state index contributed by atoms with van der Waals surface area (Å²) in [5.41, 5.74) is 0. The molecule has 0 radical (unpaired) electrons. The van der Waals surface area contributed by atoms with Gasteiger partial charge in [-0.2, -0.15) is 13.2 Å². The Hall–Kier alpha value is -0.740. The Balaban J connectivity index is 1.91. The van der Waals surface area contributed by atoms with Crippen molar-refractivity contribution in [3.05, 3.63) is 0 Å². The van der Waals surface area contributed by atoms with Crippen LogP contribution in [0.4, 0.5) is 13.2 Å². The summed E-state index contributed by atoms with van der Waals surface area (Å²) in [6.07, 6.45) is -2.48. The molecular weight excluding hydrogens is 195 g/mol. The predicted molar refractivity (Wildman–Crippen MR) is 45.6 cm³/mol. The fraction of sp³-hybridized carbons (Fsp3) is 0.889. The summed E-state index contributed by atoms with van der Waals surface area (Å²) in [5.74, 6) is 0.134. The van der Waals surface area contributed by atoms with Crippen LogP contribution >= 0.6 is 0 Å². The molecule has 1 aliphatic rings. The Kier molecular flexibility index (Phi) is 3.77. The van der Waals surface area contributed by atoms with Crippen molar-refractivity contribution in [2.45, 2.75) is 38.3 Å². The number of halogens is 3. The van der Waals surface area contributed by atoms with Crippen LogP contribution in [0.2, 0.25) is 0 Å². The van der Waals surface area contributed by atoms with Crippen molar-refractivity contribution in [1.29, 1.82) is 0 Å². The number of nitrogens with one attached hydrogen (secondary N) is 1. The van der Waals surface area contributed by atoms with Gasteiger partial charge in [-0.05, 0) is 25.7 Å². The average Bonchev–Trinajstić information content (AvgIpc) is 2.83. The van der Waals surface area contributed by atoms with E-state index >= 15 is 0 Å². The molecule has 0 atom stereocenters. The first-order valence-corrected chi connectivity index (χ1v) is 4.83. The molecule has 0 spiro atoms.